The van der Waals surface area contributed by atoms with Crippen molar-refractivity contribution in [2.45, 2.75) is 46.1 Å². The van der Waals surface area contributed by atoms with Gasteiger partial charge >= 0.3 is 5.97 Å². The van der Waals surface area contributed by atoms with Crippen LogP contribution in [0.3, 0.4) is 0 Å². The summed E-state index contributed by atoms with van der Waals surface area (Å²) in [5, 5.41) is 12.2. The van der Waals surface area contributed by atoms with E-state index in [2.05, 4.69) is 5.32 Å². The molecule has 1 aliphatic rings. The van der Waals surface area contributed by atoms with Gasteiger partial charge in [-0.3, -0.25) is 9.59 Å². The first kappa shape index (κ1) is 14.1. The molecule has 4 nitrogen and oxygen atoms in total. The van der Waals surface area contributed by atoms with Crippen LogP contribution in [0, 0.1) is 19.3 Å². The van der Waals surface area contributed by atoms with Crippen LogP contribution in [-0.2, 0) is 4.79 Å². The van der Waals surface area contributed by atoms with Crippen molar-refractivity contribution in [2.75, 3.05) is 0 Å². The lowest BCUT2D eigenvalue weighted by Crippen LogP contribution is -2.46. The Balaban J connectivity index is 2.13. The van der Waals surface area contributed by atoms with Crippen LogP contribution in [0.2, 0.25) is 0 Å². The fourth-order valence-corrected chi connectivity index (χ4v) is 3.51. The highest BCUT2D eigenvalue weighted by Crippen LogP contribution is 2.38. The first-order valence-corrected chi connectivity index (χ1v) is 7.27. The van der Waals surface area contributed by atoms with Crippen LogP contribution in [0.1, 0.15) is 46.3 Å². The molecule has 0 radical (unpaired) electrons. The van der Waals surface area contributed by atoms with Crippen molar-refractivity contribution in [1.29, 1.82) is 0 Å². The Morgan fingerprint density at radius 1 is 1.47 bits per heavy atom. The van der Waals surface area contributed by atoms with Gasteiger partial charge < -0.3 is 10.4 Å². The van der Waals surface area contributed by atoms with E-state index in [0.29, 0.717) is 11.3 Å². The highest BCUT2D eigenvalue weighted by atomic mass is 32.1. The number of hydrogen-bond donors (Lipinski definition) is 2. The van der Waals surface area contributed by atoms with Crippen molar-refractivity contribution in [1.82, 2.24) is 5.32 Å². The highest BCUT2D eigenvalue weighted by Gasteiger charge is 2.46. The molecule has 2 atom stereocenters. The van der Waals surface area contributed by atoms with Gasteiger partial charge in [0.1, 0.15) is 0 Å². The molecule has 2 N–H and O–H groups in total. The van der Waals surface area contributed by atoms with Crippen molar-refractivity contribution in [3.8, 4) is 0 Å². The van der Waals surface area contributed by atoms with Crippen LogP contribution < -0.4 is 5.32 Å². The van der Waals surface area contributed by atoms with E-state index in [-0.39, 0.29) is 11.9 Å². The number of rotatable bonds is 3. The minimum absolute atomic E-state index is 0.152. The largest absolute Gasteiger partial charge is 0.481 e. The lowest BCUT2D eigenvalue weighted by Gasteiger charge is -2.27. The number of carboxylic acid groups (broad SMARTS) is 1. The number of thiophene rings is 1. The van der Waals surface area contributed by atoms with Gasteiger partial charge in [-0.25, -0.2) is 0 Å². The molecule has 1 aromatic rings. The average molecular weight is 281 g/mol. The number of hydrogen-bond acceptors (Lipinski definition) is 3. The van der Waals surface area contributed by atoms with Crippen LogP contribution in [0.5, 0.6) is 0 Å². The molecule has 0 spiro atoms. The van der Waals surface area contributed by atoms with Gasteiger partial charge in [0, 0.05) is 10.9 Å². The van der Waals surface area contributed by atoms with Gasteiger partial charge in [-0.2, -0.15) is 0 Å². The third-order valence-corrected chi connectivity index (χ3v) is 5.29. The monoisotopic (exact) mass is 281 g/mol. The average Bonchev–Trinajstić information content (AvgIpc) is 2.86. The second kappa shape index (κ2) is 4.96. The summed E-state index contributed by atoms with van der Waals surface area (Å²) in [5.41, 5.74) is 0.263. The summed E-state index contributed by atoms with van der Waals surface area (Å²) in [6, 6.07) is 1.59. The topological polar surface area (TPSA) is 66.4 Å². The Bertz CT molecular complexity index is 503. The van der Waals surface area contributed by atoms with E-state index in [1.165, 1.54) is 11.3 Å². The Hall–Kier alpha value is -1.36. The van der Waals surface area contributed by atoms with E-state index in [9.17, 15) is 14.7 Å². The Labute approximate surface area is 116 Å². The number of nitrogens with one attached hydrogen (secondary N) is 1. The van der Waals surface area contributed by atoms with Crippen molar-refractivity contribution >= 4 is 23.2 Å². The number of aryl methyl sites for hydroxylation is 2. The predicted molar refractivity (Wildman–Crippen MR) is 74.6 cm³/mol. The van der Waals surface area contributed by atoms with E-state index >= 15 is 0 Å². The zero-order valence-corrected chi connectivity index (χ0v) is 12.3. The number of carbonyl (C=O) groups excluding carboxylic acids is 1. The smallest absolute Gasteiger partial charge is 0.311 e. The van der Waals surface area contributed by atoms with Crippen LogP contribution >= 0.6 is 11.3 Å². The van der Waals surface area contributed by atoms with Crippen molar-refractivity contribution in [3.63, 3.8) is 0 Å². The molecule has 1 fully saturated rings. The first-order chi connectivity index (χ1) is 8.84. The Kier molecular flexibility index (Phi) is 3.67. The van der Waals surface area contributed by atoms with Gasteiger partial charge in [0.15, 0.2) is 0 Å². The minimum Gasteiger partial charge on any atom is -0.481 e. The van der Waals surface area contributed by atoms with Crippen LogP contribution in [0.15, 0.2) is 6.07 Å². The minimum atomic E-state index is -0.836. The van der Waals surface area contributed by atoms with Crippen molar-refractivity contribution in [3.05, 3.63) is 21.4 Å². The maximum absolute atomic E-state index is 12.2. The molecule has 5 heteroatoms. The fraction of sp³-hybridized carbons (Fsp3) is 0.571. The summed E-state index contributed by atoms with van der Waals surface area (Å²) in [6.45, 7) is 5.67. The molecule has 0 bridgehead atoms. The highest BCUT2D eigenvalue weighted by molar-refractivity contribution is 7.14. The molecule has 0 aromatic carbocycles. The zero-order chi connectivity index (χ0) is 14.2. The molecule has 2 unspecified atom stereocenters. The van der Waals surface area contributed by atoms with Crippen LogP contribution in [-0.4, -0.2) is 23.0 Å². The fourth-order valence-electron chi connectivity index (χ4n) is 2.57. The van der Waals surface area contributed by atoms with Gasteiger partial charge in [0.25, 0.3) is 5.91 Å². The summed E-state index contributed by atoms with van der Waals surface area (Å²) < 4.78 is 0. The third kappa shape index (κ3) is 2.52. The summed E-state index contributed by atoms with van der Waals surface area (Å²) in [7, 11) is 0. The number of carbonyl (C=O) groups is 2. The first-order valence-electron chi connectivity index (χ1n) is 6.46. The summed E-state index contributed by atoms with van der Waals surface area (Å²) >= 11 is 1.45. The van der Waals surface area contributed by atoms with E-state index < -0.39 is 11.4 Å². The molecule has 1 saturated carbocycles. The van der Waals surface area contributed by atoms with Crippen LogP contribution in [0.25, 0.3) is 0 Å². The molecule has 0 aliphatic heterocycles. The van der Waals surface area contributed by atoms with Gasteiger partial charge in [-0.05, 0) is 45.2 Å². The van der Waals surface area contributed by atoms with E-state index in [4.69, 9.17) is 0 Å². The molecule has 1 aromatic heterocycles. The third-order valence-electron chi connectivity index (χ3n) is 4.14. The molecular formula is C14H19NO3S. The van der Waals surface area contributed by atoms with Gasteiger partial charge in [0.05, 0.1) is 10.3 Å². The molecule has 1 aliphatic carbocycles. The van der Waals surface area contributed by atoms with Gasteiger partial charge in [-0.15, -0.1) is 11.3 Å². The van der Waals surface area contributed by atoms with Crippen LogP contribution in [0.4, 0.5) is 0 Å². The number of carboxylic acids is 1. The lowest BCUT2D eigenvalue weighted by atomic mass is 9.85. The molecule has 2 rings (SSSR count). The standard InChI is InChI=1S/C14H19NO3S/c1-8-7-10(19-9(8)2)12(16)15-11-5-4-6-14(11,3)13(17)18/h7,11H,4-6H2,1-3H3,(H,15,16)(H,17,18). The Morgan fingerprint density at radius 3 is 2.68 bits per heavy atom. The number of aliphatic carboxylic acids is 1. The van der Waals surface area contributed by atoms with Crippen molar-refractivity contribution < 1.29 is 14.7 Å². The SMILES string of the molecule is Cc1cc(C(=O)NC2CCCC2(C)C(=O)O)sc1C. The van der Waals surface area contributed by atoms with Gasteiger partial charge in [0.2, 0.25) is 0 Å². The predicted octanol–water partition coefficient (Wildman–Crippen LogP) is 2.74. The molecular weight excluding hydrogens is 262 g/mol. The van der Waals surface area contributed by atoms with Gasteiger partial charge in [-0.1, -0.05) is 6.42 Å². The maximum Gasteiger partial charge on any atom is 0.311 e. The van der Waals surface area contributed by atoms with E-state index in [1.54, 1.807) is 6.92 Å². The second-order valence-corrected chi connectivity index (χ2v) is 6.75. The van der Waals surface area contributed by atoms with E-state index in [1.807, 2.05) is 19.9 Å². The maximum atomic E-state index is 12.2. The Morgan fingerprint density at radius 2 is 2.16 bits per heavy atom. The second-order valence-electron chi connectivity index (χ2n) is 5.49. The number of amides is 1. The normalized spacial score (nSPS) is 26.4. The summed E-state index contributed by atoms with van der Waals surface area (Å²) in [5.74, 6) is -0.977. The lowest BCUT2D eigenvalue weighted by molar-refractivity contribution is -0.148. The molecule has 19 heavy (non-hydrogen) atoms. The quantitative estimate of drug-likeness (QED) is 0.895. The van der Waals surface area contributed by atoms with E-state index in [0.717, 1.165) is 23.3 Å². The molecule has 1 heterocycles. The molecule has 0 saturated heterocycles. The summed E-state index contributed by atoms with van der Waals surface area (Å²) in [6.07, 6.45) is 2.20. The molecule has 1 amide bonds. The zero-order valence-electron chi connectivity index (χ0n) is 11.4. The summed E-state index contributed by atoms with van der Waals surface area (Å²) in [4.78, 5) is 25.3. The molecule has 104 valence electrons. The van der Waals surface area contributed by atoms with Crippen molar-refractivity contribution in [2.24, 2.45) is 5.41 Å².